The van der Waals surface area contributed by atoms with Crippen molar-refractivity contribution in [2.75, 3.05) is 19.0 Å². The number of aliphatic hydroxyl groups is 1. The predicted molar refractivity (Wildman–Crippen MR) is 108 cm³/mol. The summed E-state index contributed by atoms with van der Waals surface area (Å²) in [5.74, 6) is 2.84. The number of carbonyl (C=O) groups is 1. The van der Waals surface area contributed by atoms with Crippen molar-refractivity contribution in [2.24, 2.45) is 29.1 Å². The number of Topliss-reactive ketones (excluding diaryl/α,β-unsaturated/α-hetero) is 1. The quantitative estimate of drug-likeness (QED) is 0.571. The first-order chi connectivity index (χ1) is 12.4. The number of hydrogen-bond donors (Lipinski definition) is 1. The molecule has 0 radical (unpaired) electrons. The standard InChI is InChI=1S/C22H37BrO3/c1-21-11-4-6-17(18(21)9-10-19(21)20(24)14-23)8-7-16-5-3-12-22(25,13-16)15-26-2/h16-19,25H,3-15H2,1-2H3. The lowest BCUT2D eigenvalue weighted by Crippen LogP contribution is -2.41. The van der Waals surface area contributed by atoms with Gasteiger partial charge < -0.3 is 9.84 Å². The van der Waals surface area contributed by atoms with Gasteiger partial charge in [-0.15, -0.1) is 0 Å². The van der Waals surface area contributed by atoms with Crippen LogP contribution < -0.4 is 0 Å². The molecule has 0 aromatic rings. The molecule has 0 aromatic carbocycles. The largest absolute Gasteiger partial charge is 0.387 e. The molecule has 3 aliphatic rings. The van der Waals surface area contributed by atoms with Crippen LogP contribution in [0.5, 0.6) is 0 Å². The van der Waals surface area contributed by atoms with Gasteiger partial charge in [0.2, 0.25) is 0 Å². The molecule has 1 N–H and O–H groups in total. The molecule has 0 aromatic heterocycles. The maximum absolute atomic E-state index is 12.4. The van der Waals surface area contributed by atoms with Gasteiger partial charge in [0.25, 0.3) is 0 Å². The molecule has 3 saturated carbocycles. The van der Waals surface area contributed by atoms with E-state index in [1.165, 1.54) is 44.9 Å². The molecule has 0 aliphatic heterocycles. The minimum Gasteiger partial charge on any atom is -0.387 e. The van der Waals surface area contributed by atoms with E-state index >= 15 is 0 Å². The monoisotopic (exact) mass is 428 g/mol. The minimum absolute atomic E-state index is 0.233. The lowest BCUT2D eigenvalue weighted by molar-refractivity contribution is -0.125. The van der Waals surface area contributed by atoms with Gasteiger partial charge >= 0.3 is 0 Å². The summed E-state index contributed by atoms with van der Waals surface area (Å²) in [4.78, 5) is 12.4. The molecule has 3 nitrogen and oxygen atoms in total. The summed E-state index contributed by atoms with van der Waals surface area (Å²) in [5, 5.41) is 11.2. The zero-order chi connectivity index (χ0) is 18.8. The average molecular weight is 429 g/mol. The molecular weight excluding hydrogens is 392 g/mol. The molecule has 6 unspecified atom stereocenters. The lowest BCUT2D eigenvalue weighted by atomic mass is 9.59. The summed E-state index contributed by atoms with van der Waals surface area (Å²) in [7, 11) is 1.69. The fraction of sp³-hybridized carbons (Fsp3) is 0.955. The number of ketones is 1. The Bertz CT molecular complexity index is 492. The summed E-state index contributed by atoms with van der Waals surface area (Å²) >= 11 is 3.40. The lowest BCUT2D eigenvalue weighted by Gasteiger charge is -2.45. The molecule has 3 rings (SSSR count). The SMILES string of the molecule is COCC1(O)CCCC(CCC2CCCC3(C)C(C(=O)CBr)CCC23)C1. The second-order valence-corrected chi connectivity index (χ2v) is 10.3. The highest BCUT2D eigenvalue weighted by molar-refractivity contribution is 9.09. The second-order valence-electron chi connectivity index (χ2n) is 9.69. The maximum atomic E-state index is 12.4. The molecule has 0 saturated heterocycles. The smallest absolute Gasteiger partial charge is 0.147 e. The number of carbonyl (C=O) groups excluding carboxylic acids is 1. The number of fused-ring (bicyclic) bond motifs is 1. The average Bonchev–Trinajstić information content (AvgIpc) is 2.97. The van der Waals surface area contributed by atoms with Crippen molar-refractivity contribution < 1.29 is 14.6 Å². The third-order valence-corrected chi connectivity index (χ3v) is 8.62. The van der Waals surface area contributed by atoms with Crippen LogP contribution in [0.4, 0.5) is 0 Å². The van der Waals surface area contributed by atoms with E-state index in [9.17, 15) is 9.90 Å². The summed E-state index contributed by atoms with van der Waals surface area (Å²) in [5.41, 5.74) is -0.364. The minimum atomic E-state index is -0.598. The highest BCUT2D eigenvalue weighted by Gasteiger charge is 2.52. The van der Waals surface area contributed by atoms with Gasteiger partial charge in [-0.2, -0.15) is 0 Å². The zero-order valence-corrected chi connectivity index (χ0v) is 18.2. The number of hydrogen-bond acceptors (Lipinski definition) is 3. The Morgan fingerprint density at radius 3 is 2.65 bits per heavy atom. The van der Waals surface area contributed by atoms with Crippen LogP contribution in [0.1, 0.15) is 77.6 Å². The second kappa shape index (κ2) is 8.61. The van der Waals surface area contributed by atoms with E-state index in [-0.39, 0.29) is 11.3 Å². The third-order valence-electron chi connectivity index (χ3n) is 8.07. The Hall–Kier alpha value is 0.0700. The zero-order valence-electron chi connectivity index (χ0n) is 16.6. The van der Waals surface area contributed by atoms with Crippen LogP contribution in [0, 0.1) is 29.1 Å². The molecule has 4 heteroatoms. The molecule has 0 amide bonds. The number of rotatable bonds is 7. The maximum Gasteiger partial charge on any atom is 0.147 e. The number of ether oxygens (including phenoxy) is 1. The Morgan fingerprint density at radius 2 is 1.92 bits per heavy atom. The fourth-order valence-electron chi connectivity index (χ4n) is 6.87. The Labute approximate surface area is 167 Å². The van der Waals surface area contributed by atoms with E-state index < -0.39 is 5.60 Å². The first-order valence-corrected chi connectivity index (χ1v) is 11.8. The van der Waals surface area contributed by atoms with Gasteiger partial charge in [-0.05, 0) is 61.7 Å². The van der Waals surface area contributed by atoms with Crippen molar-refractivity contribution in [3.8, 4) is 0 Å². The number of alkyl halides is 1. The Kier molecular flexibility index (Phi) is 6.89. The van der Waals surface area contributed by atoms with Crippen LogP contribution in [0.15, 0.2) is 0 Å². The van der Waals surface area contributed by atoms with E-state index in [1.807, 2.05) is 0 Å². The number of methoxy groups -OCH3 is 1. The van der Waals surface area contributed by atoms with Crippen LogP contribution in [-0.2, 0) is 9.53 Å². The summed E-state index contributed by atoms with van der Waals surface area (Å²) < 4.78 is 5.26. The highest BCUT2D eigenvalue weighted by Crippen LogP contribution is 2.59. The van der Waals surface area contributed by atoms with Crippen LogP contribution in [0.3, 0.4) is 0 Å². The molecule has 6 atom stereocenters. The van der Waals surface area contributed by atoms with Gasteiger partial charge in [0.1, 0.15) is 5.78 Å². The van der Waals surface area contributed by atoms with Crippen molar-refractivity contribution in [1.29, 1.82) is 0 Å². The summed E-state index contributed by atoms with van der Waals surface area (Å²) in [6.45, 7) is 2.88. The van der Waals surface area contributed by atoms with E-state index in [0.717, 1.165) is 37.5 Å². The van der Waals surface area contributed by atoms with Crippen molar-refractivity contribution in [3.05, 3.63) is 0 Å². The molecule has 0 bridgehead atoms. The van der Waals surface area contributed by atoms with Gasteiger partial charge in [0.15, 0.2) is 0 Å². The molecule has 3 aliphatic carbocycles. The van der Waals surface area contributed by atoms with Crippen molar-refractivity contribution in [3.63, 3.8) is 0 Å². The van der Waals surface area contributed by atoms with E-state index in [0.29, 0.717) is 23.6 Å². The molecule has 26 heavy (non-hydrogen) atoms. The van der Waals surface area contributed by atoms with Gasteiger partial charge in [-0.25, -0.2) is 0 Å². The van der Waals surface area contributed by atoms with Gasteiger partial charge in [0, 0.05) is 13.0 Å². The van der Waals surface area contributed by atoms with Crippen LogP contribution in [-0.4, -0.2) is 35.5 Å². The molecule has 3 fully saturated rings. The first kappa shape index (κ1) is 20.8. The van der Waals surface area contributed by atoms with Crippen molar-refractivity contribution >= 4 is 21.7 Å². The molecule has 0 spiro atoms. The normalized spacial score (nSPS) is 43.2. The van der Waals surface area contributed by atoms with E-state index in [4.69, 9.17) is 4.74 Å². The van der Waals surface area contributed by atoms with Crippen molar-refractivity contribution in [2.45, 2.75) is 83.2 Å². The van der Waals surface area contributed by atoms with Crippen LogP contribution >= 0.6 is 15.9 Å². The van der Waals surface area contributed by atoms with E-state index in [2.05, 4.69) is 22.9 Å². The highest BCUT2D eigenvalue weighted by atomic mass is 79.9. The fourth-order valence-corrected chi connectivity index (χ4v) is 7.26. The summed E-state index contributed by atoms with van der Waals surface area (Å²) in [6, 6.07) is 0. The third kappa shape index (κ3) is 4.22. The van der Waals surface area contributed by atoms with Gasteiger partial charge in [-0.1, -0.05) is 55.0 Å². The molecule has 150 valence electrons. The van der Waals surface area contributed by atoms with Crippen LogP contribution in [0.2, 0.25) is 0 Å². The Balaban J connectivity index is 1.58. The molecule has 0 heterocycles. The number of halogens is 1. The van der Waals surface area contributed by atoms with Crippen LogP contribution in [0.25, 0.3) is 0 Å². The van der Waals surface area contributed by atoms with Crippen molar-refractivity contribution in [1.82, 2.24) is 0 Å². The van der Waals surface area contributed by atoms with Gasteiger partial charge in [-0.3, -0.25) is 4.79 Å². The predicted octanol–water partition coefficient (Wildman–Crippen LogP) is 5.13. The summed E-state index contributed by atoms with van der Waals surface area (Å²) in [6.07, 6.45) is 12.9. The first-order valence-electron chi connectivity index (χ1n) is 10.7. The van der Waals surface area contributed by atoms with E-state index in [1.54, 1.807) is 7.11 Å². The van der Waals surface area contributed by atoms with Gasteiger partial charge in [0.05, 0.1) is 17.5 Å². The molecular formula is C22H37BrO3. The topological polar surface area (TPSA) is 46.5 Å². The Morgan fingerprint density at radius 1 is 1.15 bits per heavy atom.